The van der Waals surface area contributed by atoms with Gasteiger partial charge in [0.15, 0.2) is 0 Å². The maximum atomic E-state index is 2.44. The molecule has 0 atom stereocenters. The first-order valence-corrected chi connectivity index (χ1v) is 7.27. The van der Waals surface area contributed by atoms with Crippen molar-refractivity contribution in [1.29, 1.82) is 0 Å². The molecule has 0 nitrogen and oxygen atoms in total. The predicted molar refractivity (Wildman–Crippen MR) is 81.8 cm³/mol. The van der Waals surface area contributed by atoms with Crippen LogP contribution in [0.3, 0.4) is 0 Å². The lowest BCUT2D eigenvalue weighted by Crippen LogP contribution is -2.19. The van der Waals surface area contributed by atoms with Gasteiger partial charge in [-0.3, -0.25) is 0 Å². The zero-order chi connectivity index (χ0) is 13.5. The van der Waals surface area contributed by atoms with Gasteiger partial charge in [0.1, 0.15) is 0 Å². The molecule has 0 radical (unpaired) electrons. The number of hydrogen-bond donors (Lipinski definition) is 0. The van der Waals surface area contributed by atoms with Crippen LogP contribution in [0.15, 0.2) is 42.5 Å². The summed E-state index contributed by atoms with van der Waals surface area (Å²) >= 11 is 0. The van der Waals surface area contributed by atoms with Crippen molar-refractivity contribution in [1.82, 2.24) is 0 Å². The molecule has 0 heterocycles. The smallest absolute Gasteiger partial charge is 0.0146 e. The Morgan fingerprint density at radius 2 is 1.58 bits per heavy atom. The molecule has 0 aromatic heterocycles. The minimum Gasteiger partial charge on any atom is -0.0617 e. The van der Waals surface area contributed by atoms with Gasteiger partial charge in [0.25, 0.3) is 0 Å². The monoisotopic (exact) mass is 250 g/mol. The quantitative estimate of drug-likeness (QED) is 0.717. The van der Waals surface area contributed by atoms with E-state index >= 15 is 0 Å². The molecule has 1 aliphatic rings. The second kappa shape index (κ2) is 4.52. The summed E-state index contributed by atoms with van der Waals surface area (Å²) in [6.45, 7) is 6.83. The summed E-state index contributed by atoms with van der Waals surface area (Å²) in [6.07, 6.45) is 3.84. The van der Waals surface area contributed by atoms with E-state index in [0.717, 1.165) is 0 Å². The van der Waals surface area contributed by atoms with E-state index in [-0.39, 0.29) is 5.41 Å². The van der Waals surface area contributed by atoms with Crippen LogP contribution in [0.5, 0.6) is 0 Å². The second-order valence-electron chi connectivity index (χ2n) is 6.33. The molecule has 1 aliphatic carbocycles. The number of rotatable bonds is 2. The van der Waals surface area contributed by atoms with Gasteiger partial charge in [0, 0.05) is 5.41 Å². The summed E-state index contributed by atoms with van der Waals surface area (Å²) in [4.78, 5) is 0. The van der Waals surface area contributed by atoms with E-state index in [9.17, 15) is 0 Å². The minimum atomic E-state index is 0.0869. The van der Waals surface area contributed by atoms with Crippen molar-refractivity contribution in [2.24, 2.45) is 0 Å². The average molecular weight is 250 g/mol. The van der Waals surface area contributed by atoms with Crippen molar-refractivity contribution >= 4 is 0 Å². The van der Waals surface area contributed by atoms with E-state index in [4.69, 9.17) is 0 Å². The van der Waals surface area contributed by atoms with Crippen LogP contribution < -0.4 is 0 Å². The van der Waals surface area contributed by atoms with Crippen LogP contribution in [-0.2, 0) is 18.3 Å². The Bertz CT molecular complexity index is 605. The average Bonchev–Trinajstić information content (AvgIpc) is 2.85. The van der Waals surface area contributed by atoms with Crippen LogP contribution in [-0.4, -0.2) is 0 Å². The SMILES string of the molecule is Cc1cccc(C(C)(C)c2ccc3c(c2)CCC3)c1. The van der Waals surface area contributed by atoms with Gasteiger partial charge in [0.05, 0.1) is 0 Å². The summed E-state index contributed by atoms with van der Waals surface area (Å²) in [6, 6.07) is 16.0. The fourth-order valence-electron chi connectivity index (χ4n) is 3.16. The summed E-state index contributed by atoms with van der Waals surface area (Å²) in [5.74, 6) is 0. The van der Waals surface area contributed by atoms with Gasteiger partial charge < -0.3 is 0 Å². The maximum Gasteiger partial charge on any atom is 0.0146 e. The van der Waals surface area contributed by atoms with Crippen LogP contribution in [0.1, 0.15) is 48.1 Å². The first-order valence-electron chi connectivity index (χ1n) is 7.27. The third-order valence-electron chi connectivity index (χ3n) is 4.56. The van der Waals surface area contributed by atoms with Crippen molar-refractivity contribution < 1.29 is 0 Å². The van der Waals surface area contributed by atoms with E-state index in [1.165, 1.54) is 36.0 Å². The Morgan fingerprint density at radius 3 is 2.37 bits per heavy atom. The molecule has 98 valence electrons. The first-order chi connectivity index (χ1) is 9.07. The van der Waals surface area contributed by atoms with Crippen LogP contribution in [0, 0.1) is 6.92 Å². The molecule has 0 amide bonds. The van der Waals surface area contributed by atoms with Gasteiger partial charge in [-0.2, -0.15) is 0 Å². The van der Waals surface area contributed by atoms with Crippen LogP contribution in [0.2, 0.25) is 0 Å². The van der Waals surface area contributed by atoms with Crippen molar-refractivity contribution in [2.45, 2.75) is 45.4 Å². The van der Waals surface area contributed by atoms with E-state index in [2.05, 4.69) is 63.2 Å². The molecule has 0 bridgehead atoms. The Balaban J connectivity index is 2.04. The molecule has 0 fully saturated rings. The van der Waals surface area contributed by atoms with Crippen LogP contribution in [0.4, 0.5) is 0 Å². The van der Waals surface area contributed by atoms with Crippen molar-refractivity contribution in [3.8, 4) is 0 Å². The molecule has 2 aromatic rings. The molecule has 2 aromatic carbocycles. The largest absolute Gasteiger partial charge is 0.0617 e. The molecule has 19 heavy (non-hydrogen) atoms. The first kappa shape index (κ1) is 12.5. The fraction of sp³-hybridized carbons (Fsp3) is 0.368. The molecule has 0 spiro atoms. The molecule has 0 unspecified atom stereocenters. The summed E-state index contributed by atoms with van der Waals surface area (Å²) < 4.78 is 0. The highest BCUT2D eigenvalue weighted by molar-refractivity contribution is 5.44. The Labute approximate surface area is 116 Å². The van der Waals surface area contributed by atoms with Crippen molar-refractivity contribution in [3.63, 3.8) is 0 Å². The normalized spacial score (nSPS) is 14.5. The minimum absolute atomic E-state index is 0.0869. The van der Waals surface area contributed by atoms with E-state index in [1.807, 2.05) is 0 Å². The molecular formula is C19H22. The summed E-state index contributed by atoms with van der Waals surface area (Å²) in [7, 11) is 0. The van der Waals surface area contributed by atoms with Crippen LogP contribution >= 0.6 is 0 Å². The van der Waals surface area contributed by atoms with Gasteiger partial charge >= 0.3 is 0 Å². The van der Waals surface area contributed by atoms with E-state index in [0.29, 0.717) is 0 Å². The standard InChI is InChI=1S/C19H22/c1-14-6-4-9-17(12-14)19(2,3)18-11-10-15-7-5-8-16(15)13-18/h4,6,9-13H,5,7-8H2,1-3H3. The zero-order valence-corrected chi connectivity index (χ0v) is 12.2. The third kappa shape index (κ3) is 2.20. The molecule has 0 aliphatic heterocycles. The predicted octanol–water partition coefficient (Wildman–Crippen LogP) is 4.81. The lowest BCUT2D eigenvalue weighted by atomic mass is 9.77. The maximum absolute atomic E-state index is 2.44. The van der Waals surface area contributed by atoms with Gasteiger partial charge in [-0.05, 0) is 48.4 Å². The third-order valence-corrected chi connectivity index (χ3v) is 4.56. The molecule has 0 saturated heterocycles. The van der Waals surface area contributed by atoms with Gasteiger partial charge in [0.2, 0.25) is 0 Å². The highest BCUT2D eigenvalue weighted by atomic mass is 14.3. The summed E-state index contributed by atoms with van der Waals surface area (Å²) in [5.41, 5.74) is 7.40. The van der Waals surface area contributed by atoms with Crippen molar-refractivity contribution in [2.75, 3.05) is 0 Å². The molecular weight excluding hydrogens is 228 g/mol. The number of benzene rings is 2. The topological polar surface area (TPSA) is 0 Å². The Kier molecular flexibility index (Phi) is 2.97. The highest BCUT2D eigenvalue weighted by Gasteiger charge is 2.24. The fourth-order valence-corrected chi connectivity index (χ4v) is 3.16. The number of hydrogen-bond acceptors (Lipinski definition) is 0. The highest BCUT2D eigenvalue weighted by Crippen LogP contribution is 2.34. The van der Waals surface area contributed by atoms with Gasteiger partial charge in [-0.15, -0.1) is 0 Å². The molecule has 0 heteroatoms. The number of aryl methyl sites for hydroxylation is 3. The Hall–Kier alpha value is -1.56. The van der Waals surface area contributed by atoms with Crippen LogP contribution in [0.25, 0.3) is 0 Å². The molecule has 0 saturated carbocycles. The molecule has 3 rings (SSSR count). The van der Waals surface area contributed by atoms with Crippen molar-refractivity contribution in [3.05, 3.63) is 70.3 Å². The van der Waals surface area contributed by atoms with Gasteiger partial charge in [-0.25, -0.2) is 0 Å². The summed E-state index contributed by atoms with van der Waals surface area (Å²) in [5, 5.41) is 0. The van der Waals surface area contributed by atoms with E-state index < -0.39 is 0 Å². The second-order valence-corrected chi connectivity index (χ2v) is 6.33. The lowest BCUT2D eigenvalue weighted by molar-refractivity contribution is 0.639. The zero-order valence-electron chi connectivity index (χ0n) is 12.2. The Morgan fingerprint density at radius 1 is 0.842 bits per heavy atom. The van der Waals surface area contributed by atoms with Gasteiger partial charge in [-0.1, -0.05) is 61.9 Å². The number of fused-ring (bicyclic) bond motifs is 1. The molecule has 0 N–H and O–H groups in total. The van der Waals surface area contributed by atoms with E-state index in [1.54, 1.807) is 11.1 Å². The lowest BCUT2D eigenvalue weighted by Gasteiger charge is -2.27.